The van der Waals surface area contributed by atoms with E-state index in [4.69, 9.17) is 4.74 Å². The molecule has 3 unspecified atom stereocenters. The number of rotatable bonds is 3. The average molecular weight is 226 g/mol. The Morgan fingerprint density at radius 2 is 2.25 bits per heavy atom. The number of piperidine rings is 2. The molecule has 16 heavy (non-hydrogen) atoms. The van der Waals surface area contributed by atoms with Gasteiger partial charge in [-0.1, -0.05) is 6.92 Å². The van der Waals surface area contributed by atoms with Crippen LogP contribution in [0.3, 0.4) is 0 Å². The van der Waals surface area contributed by atoms with Crippen LogP contribution in [0.15, 0.2) is 0 Å². The van der Waals surface area contributed by atoms with E-state index in [1.54, 1.807) is 0 Å². The van der Waals surface area contributed by atoms with E-state index < -0.39 is 0 Å². The molecule has 0 aromatic carbocycles. The fraction of sp³-hybridized carbons (Fsp3) is 1.00. The van der Waals surface area contributed by atoms with Crippen molar-refractivity contribution in [3.63, 3.8) is 0 Å². The van der Waals surface area contributed by atoms with Crippen molar-refractivity contribution in [1.82, 2.24) is 10.2 Å². The van der Waals surface area contributed by atoms with E-state index in [-0.39, 0.29) is 0 Å². The van der Waals surface area contributed by atoms with Gasteiger partial charge in [0, 0.05) is 20.2 Å². The first kappa shape index (κ1) is 12.3. The molecule has 0 aromatic rings. The molecule has 3 nitrogen and oxygen atoms in total. The lowest BCUT2D eigenvalue weighted by molar-refractivity contribution is -0.0102. The van der Waals surface area contributed by atoms with Crippen LogP contribution < -0.4 is 5.32 Å². The van der Waals surface area contributed by atoms with Crippen LogP contribution in [0.2, 0.25) is 0 Å². The lowest BCUT2D eigenvalue weighted by Gasteiger charge is -2.38. The minimum atomic E-state index is 0.449. The second-order valence-corrected chi connectivity index (χ2v) is 5.51. The number of hydrogen-bond donors (Lipinski definition) is 1. The fourth-order valence-electron chi connectivity index (χ4n) is 3.02. The van der Waals surface area contributed by atoms with E-state index >= 15 is 0 Å². The van der Waals surface area contributed by atoms with E-state index in [1.165, 1.54) is 45.4 Å². The van der Waals surface area contributed by atoms with Crippen LogP contribution in [0, 0.1) is 11.8 Å². The number of ether oxygens (including phenoxy) is 1. The van der Waals surface area contributed by atoms with Crippen LogP contribution in [-0.4, -0.2) is 50.8 Å². The van der Waals surface area contributed by atoms with Crippen molar-refractivity contribution in [3.05, 3.63) is 0 Å². The Hall–Kier alpha value is -0.120. The summed E-state index contributed by atoms with van der Waals surface area (Å²) in [6.45, 7) is 8.40. The molecule has 0 radical (unpaired) electrons. The van der Waals surface area contributed by atoms with Crippen molar-refractivity contribution in [2.75, 3.05) is 39.8 Å². The fourth-order valence-corrected chi connectivity index (χ4v) is 3.02. The number of nitrogens with one attached hydrogen (secondary N) is 1. The zero-order valence-corrected chi connectivity index (χ0v) is 10.7. The molecule has 2 fully saturated rings. The normalized spacial score (nSPS) is 37.5. The third kappa shape index (κ3) is 3.19. The van der Waals surface area contributed by atoms with Crippen LogP contribution in [0.1, 0.15) is 26.2 Å². The average Bonchev–Trinajstić information content (AvgIpc) is 2.33. The summed E-state index contributed by atoms with van der Waals surface area (Å²) < 4.78 is 5.57. The quantitative estimate of drug-likeness (QED) is 0.786. The lowest BCUT2D eigenvalue weighted by atomic mass is 9.93. The summed E-state index contributed by atoms with van der Waals surface area (Å²) in [5, 5.41) is 3.50. The predicted molar refractivity (Wildman–Crippen MR) is 66.6 cm³/mol. The van der Waals surface area contributed by atoms with Crippen LogP contribution in [-0.2, 0) is 4.74 Å². The highest BCUT2D eigenvalue weighted by Gasteiger charge is 2.27. The molecular formula is C13H26N2O. The third-order valence-electron chi connectivity index (χ3n) is 4.19. The molecule has 1 N–H and O–H groups in total. The highest BCUT2D eigenvalue weighted by molar-refractivity contribution is 4.81. The zero-order valence-electron chi connectivity index (χ0n) is 10.7. The largest absolute Gasteiger partial charge is 0.380 e. The smallest absolute Gasteiger partial charge is 0.0724 e. The maximum absolute atomic E-state index is 5.57. The summed E-state index contributed by atoms with van der Waals surface area (Å²) in [6, 6.07) is 0. The molecule has 0 spiro atoms. The van der Waals surface area contributed by atoms with Gasteiger partial charge in [-0.3, -0.25) is 0 Å². The molecule has 0 amide bonds. The van der Waals surface area contributed by atoms with Gasteiger partial charge in [-0.2, -0.15) is 0 Å². The van der Waals surface area contributed by atoms with Gasteiger partial charge >= 0.3 is 0 Å². The molecule has 0 bridgehead atoms. The van der Waals surface area contributed by atoms with Crippen LogP contribution in [0.25, 0.3) is 0 Å². The molecule has 0 aromatic heterocycles. The summed E-state index contributed by atoms with van der Waals surface area (Å²) in [6.07, 6.45) is 4.49. The Morgan fingerprint density at radius 1 is 1.38 bits per heavy atom. The predicted octanol–water partition coefficient (Wildman–Crippen LogP) is 1.34. The van der Waals surface area contributed by atoms with E-state index in [0.717, 1.165) is 18.4 Å². The molecule has 0 saturated carbocycles. The zero-order chi connectivity index (χ0) is 11.4. The Balaban J connectivity index is 1.76. The highest BCUT2D eigenvalue weighted by Crippen LogP contribution is 2.21. The Bertz CT molecular complexity index is 204. The maximum Gasteiger partial charge on any atom is 0.0724 e. The van der Waals surface area contributed by atoms with E-state index in [0.29, 0.717) is 6.10 Å². The van der Waals surface area contributed by atoms with E-state index in [9.17, 15) is 0 Å². The Kier molecular flexibility index (Phi) is 4.62. The molecule has 2 aliphatic rings. The number of hydrogen-bond acceptors (Lipinski definition) is 3. The van der Waals surface area contributed by atoms with Crippen molar-refractivity contribution in [3.8, 4) is 0 Å². The van der Waals surface area contributed by atoms with Crippen molar-refractivity contribution in [1.29, 1.82) is 0 Å². The minimum Gasteiger partial charge on any atom is -0.380 e. The number of nitrogens with zero attached hydrogens (tertiary/aromatic N) is 1. The second-order valence-electron chi connectivity index (χ2n) is 5.51. The van der Waals surface area contributed by atoms with Gasteiger partial charge in [-0.15, -0.1) is 0 Å². The van der Waals surface area contributed by atoms with Gasteiger partial charge in [-0.25, -0.2) is 0 Å². The van der Waals surface area contributed by atoms with Crippen molar-refractivity contribution < 1.29 is 4.74 Å². The molecule has 3 heteroatoms. The van der Waals surface area contributed by atoms with Crippen molar-refractivity contribution in [2.45, 2.75) is 32.3 Å². The molecule has 2 saturated heterocycles. The summed E-state index contributed by atoms with van der Waals surface area (Å²) in [4.78, 5) is 2.60. The number of likely N-dealkylation sites (tertiary alicyclic amines) is 1. The van der Waals surface area contributed by atoms with E-state index in [1.807, 2.05) is 7.11 Å². The van der Waals surface area contributed by atoms with Gasteiger partial charge in [0.1, 0.15) is 0 Å². The first-order valence-electron chi connectivity index (χ1n) is 6.75. The van der Waals surface area contributed by atoms with Gasteiger partial charge < -0.3 is 15.0 Å². The summed E-state index contributed by atoms with van der Waals surface area (Å²) in [5.41, 5.74) is 0. The summed E-state index contributed by atoms with van der Waals surface area (Å²) in [5.74, 6) is 1.59. The molecule has 0 aliphatic carbocycles. The van der Waals surface area contributed by atoms with Gasteiger partial charge in [0.2, 0.25) is 0 Å². The molecular weight excluding hydrogens is 200 g/mol. The van der Waals surface area contributed by atoms with Crippen LogP contribution >= 0.6 is 0 Å². The Morgan fingerprint density at radius 3 is 2.94 bits per heavy atom. The molecule has 2 aliphatic heterocycles. The van der Waals surface area contributed by atoms with E-state index in [2.05, 4.69) is 17.1 Å². The first-order chi connectivity index (χ1) is 7.79. The van der Waals surface area contributed by atoms with Gasteiger partial charge in [-0.05, 0) is 50.7 Å². The molecule has 2 rings (SSSR count). The molecule has 2 heterocycles. The summed E-state index contributed by atoms with van der Waals surface area (Å²) >= 11 is 0. The third-order valence-corrected chi connectivity index (χ3v) is 4.19. The topological polar surface area (TPSA) is 24.5 Å². The maximum atomic E-state index is 5.57. The molecule has 94 valence electrons. The highest BCUT2D eigenvalue weighted by atomic mass is 16.5. The molecule has 3 atom stereocenters. The number of methoxy groups -OCH3 is 1. The monoisotopic (exact) mass is 226 g/mol. The second kappa shape index (κ2) is 5.99. The van der Waals surface area contributed by atoms with Crippen LogP contribution in [0.4, 0.5) is 0 Å². The van der Waals surface area contributed by atoms with Crippen LogP contribution in [0.5, 0.6) is 0 Å². The summed E-state index contributed by atoms with van der Waals surface area (Å²) in [7, 11) is 1.85. The van der Waals surface area contributed by atoms with Crippen molar-refractivity contribution >= 4 is 0 Å². The van der Waals surface area contributed by atoms with Crippen molar-refractivity contribution in [2.24, 2.45) is 11.8 Å². The lowest BCUT2D eigenvalue weighted by Crippen LogP contribution is -2.47. The van der Waals surface area contributed by atoms with Gasteiger partial charge in [0.25, 0.3) is 0 Å². The Labute approximate surface area is 99.5 Å². The first-order valence-corrected chi connectivity index (χ1v) is 6.75. The minimum absolute atomic E-state index is 0.449. The standard InChI is InChI=1S/C13H26N2O/c1-11-5-7-15(10-13(11)16-2)9-12-4-3-6-14-8-12/h11-14H,3-10H2,1-2H3. The van der Waals surface area contributed by atoms with Gasteiger partial charge in [0.05, 0.1) is 6.10 Å². The SMILES string of the molecule is COC1CN(CC2CCCNC2)CCC1C. The van der Waals surface area contributed by atoms with Gasteiger partial charge in [0.15, 0.2) is 0 Å².